The molecule has 0 saturated heterocycles. The molecule has 0 radical (unpaired) electrons. The third-order valence-electron chi connectivity index (χ3n) is 3.60. The minimum atomic E-state index is -0.657. The molecule has 1 aliphatic rings. The number of aromatic nitrogens is 3. The molecule has 3 aromatic rings. The summed E-state index contributed by atoms with van der Waals surface area (Å²) in [7, 11) is 0. The van der Waals surface area contributed by atoms with Crippen molar-refractivity contribution in [3.05, 3.63) is 46.4 Å². The molecule has 1 aromatic carbocycles. The monoisotopic (exact) mass is 312 g/mol. The Bertz CT molecular complexity index is 989. The zero-order valence-electron chi connectivity index (χ0n) is 11.9. The predicted octanol–water partition coefficient (Wildman–Crippen LogP) is 0.560. The molecule has 4 rings (SSSR count). The molecule has 8 heteroatoms. The van der Waals surface area contributed by atoms with E-state index in [0.29, 0.717) is 36.0 Å². The highest BCUT2D eigenvalue weighted by molar-refractivity contribution is 5.98. The number of ether oxygens (including phenoxy) is 2. The largest absolute Gasteiger partial charge is 0.486 e. The fraction of sp³-hybridized carbons (Fsp3) is 0.133. The van der Waals surface area contributed by atoms with Crippen molar-refractivity contribution in [1.29, 1.82) is 0 Å². The van der Waals surface area contributed by atoms with Gasteiger partial charge in [-0.1, -0.05) is 0 Å². The number of H-pyrrole nitrogens is 1. The number of nitrogens with two attached hydrogens (primary N) is 1. The average molecular weight is 312 g/mol. The van der Waals surface area contributed by atoms with Crippen LogP contribution in [0.1, 0.15) is 10.4 Å². The molecule has 1 amide bonds. The van der Waals surface area contributed by atoms with Crippen LogP contribution in [-0.2, 0) is 0 Å². The molecule has 116 valence electrons. The zero-order valence-corrected chi connectivity index (χ0v) is 11.9. The van der Waals surface area contributed by atoms with Crippen LogP contribution in [0, 0.1) is 0 Å². The van der Waals surface area contributed by atoms with Gasteiger partial charge in [0.25, 0.3) is 11.5 Å². The lowest BCUT2D eigenvalue weighted by Crippen LogP contribution is -2.17. The predicted molar refractivity (Wildman–Crippen MR) is 80.8 cm³/mol. The second-order valence-electron chi connectivity index (χ2n) is 5.05. The lowest BCUT2D eigenvalue weighted by Gasteiger charge is -2.18. The topological polar surface area (TPSA) is 112 Å². The molecule has 2 aromatic heterocycles. The molecule has 23 heavy (non-hydrogen) atoms. The van der Waals surface area contributed by atoms with Crippen LogP contribution in [-0.4, -0.2) is 33.7 Å². The van der Waals surface area contributed by atoms with E-state index in [1.807, 2.05) is 0 Å². The van der Waals surface area contributed by atoms with E-state index in [2.05, 4.69) is 10.1 Å². The Hall–Kier alpha value is -3.29. The standard InChI is InChI=1S/C15H12N4O4/c16-14(21)9-7-17-19-13(20)6-10(18-15(9)19)8-1-2-11-12(5-8)23-4-3-22-11/h1-2,5-7,17H,3-4H2,(H2,16,21). The van der Waals surface area contributed by atoms with Gasteiger partial charge >= 0.3 is 0 Å². The van der Waals surface area contributed by atoms with E-state index in [4.69, 9.17) is 15.2 Å². The first-order valence-corrected chi connectivity index (χ1v) is 6.94. The summed E-state index contributed by atoms with van der Waals surface area (Å²) in [6.07, 6.45) is 1.36. The Morgan fingerprint density at radius 1 is 1.22 bits per heavy atom. The molecule has 0 spiro atoms. The van der Waals surface area contributed by atoms with Crippen LogP contribution in [0.2, 0.25) is 0 Å². The van der Waals surface area contributed by atoms with Gasteiger partial charge in [0.1, 0.15) is 18.8 Å². The van der Waals surface area contributed by atoms with Crippen LogP contribution < -0.4 is 20.8 Å². The molecule has 0 unspecified atom stereocenters. The number of nitrogens with one attached hydrogen (secondary N) is 1. The van der Waals surface area contributed by atoms with Crippen molar-refractivity contribution in [3.8, 4) is 22.8 Å². The fourth-order valence-corrected chi connectivity index (χ4v) is 2.51. The lowest BCUT2D eigenvalue weighted by molar-refractivity contribution is 0.100. The maximum absolute atomic E-state index is 12.2. The molecular weight excluding hydrogens is 300 g/mol. The molecule has 0 atom stereocenters. The summed E-state index contributed by atoms with van der Waals surface area (Å²) >= 11 is 0. The summed E-state index contributed by atoms with van der Waals surface area (Å²) in [5, 5.41) is 2.66. The van der Waals surface area contributed by atoms with Gasteiger partial charge in [-0.3, -0.25) is 14.7 Å². The van der Waals surface area contributed by atoms with Crippen LogP contribution in [0.5, 0.6) is 11.5 Å². The van der Waals surface area contributed by atoms with Gasteiger partial charge in [-0.05, 0) is 18.2 Å². The summed E-state index contributed by atoms with van der Waals surface area (Å²) in [6.45, 7) is 0.971. The first kappa shape index (κ1) is 13.4. The first-order chi connectivity index (χ1) is 11.1. The van der Waals surface area contributed by atoms with Crippen LogP contribution in [0.4, 0.5) is 0 Å². The minimum Gasteiger partial charge on any atom is -0.486 e. The number of primary amides is 1. The van der Waals surface area contributed by atoms with Gasteiger partial charge in [-0.2, -0.15) is 0 Å². The van der Waals surface area contributed by atoms with Crippen molar-refractivity contribution in [1.82, 2.24) is 14.6 Å². The van der Waals surface area contributed by atoms with Gasteiger partial charge in [0.15, 0.2) is 17.1 Å². The molecule has 1 aliphatic heterocycles. The van der Waals surface area contributed by atoms with Crippen molar-refractivity contribution in [3.63, 3.8) is 0 Å². The van der Waals surface area contributed by atoms with Crippen molar-refractivity contribution in [2.24, 2.45) is 5.73 Å². The number of benzene rings is 1. The number of hydrogen-bond donors (Lipinski definition) is 2. The molecule has 8 nitrogen and oxygen atoms in total. The van der Waals surface area contributed by atoms with E-state index >= 15 is 0 Å². The number of hydrogen-bond acceptors (Lipinski definition) is 5. The molecule has 0 saturated carbocycles. The Labute approximate surface area is 129 Å². The zero-order chi connectivity index (χ0) is 16.0. The molecule has 0 aliphatic carbocycles. The van der Waals surface area contributed by atoms with Crippen molar-refractivity contribution >= 4 is 11.6 Å². The minimum absolute atomic E-state index is 0.154. The van der Waals surface area contributed by atoms with Gasteiger partial charge in [0.05, 0.1) is 5.69 Å². The highest BCUT2D eigenvalue weighted by atomic mass is 16.6. The van der Waals surface area contributed by atoms with E-state index < -0.39 is 5.91 Å². The summed E-state index contributed by atoms with van der Waals surface area (Å²) in [6, 6.07) is 6.67. The van der Waals surface area contributed by atoms with E-state index in [1.54, 1.807) is 18.2 Å². The summed E-state index contributed by atoms with van der Waals surface area (Å²) < 4.78 is 12.2. The number of fused-ring (bicyclic) bond motifs is 2. The maximum atomic E-state index is 12.2. The lowest BCUT2D eigenvalue weighted by atomic mass is 10.1. The van der Waals surface area contributed by atoms with Crippen LogP contribution in [0.25, 0.3) is 16.9 Å². The van der Waals surface area contributed by atoms with E-state index in [-0.39, 0.29) is 16.8 Å². The molecule has 3 N–H and O–H groups in total. The van der Waals surface area contributed by atoms with Gasteiger partial charge in [-0.25, -0.2) is 9.50 Å². The molecule has 0 bridgehead atoms. The molecular formula is C15H12N4O4. The smallest absolute Gasteiger partial charge is 0.273 e. The SMILES string of the molecule is NC(=O)c1c[nH]n2c(=O)cc(-c3ccc4c(c3)OCCO4)nc12. The number of carbonyl (C=O) groups excluding carboxylic acids is 1. The second-order valence-corrected chi connectivity index (χ2v) is 5.05. The highest BCUT2D eigenvalue weighted by Crippen LogP contribution is 2.33. The Morgan fingerprint density at radius 3 is 2.78 bits per heavy atom. The number of aromatic amines is 1. The van der Waals surface area contributed by atoms with Gasteiger partial charge in [0.2, 0.25) is 0 Å². The van der Waals surface area contributed by atoms with Crippen LogP contribution in [0.15, 0.2) is 35.3 Å². The fourth-order valence-electron chi connectivity index (χ4n) is 2.51. The summed E-state index contributed by atoms with van der Waals surface area (Å²) in [5.41, 5.74) is 6.42. The van der Waals surface area contributed by atoms with Gasteiger partial charge in [0, 0.05) is 17.8 Å². The quantitative estimate of drug-likeness (QED) is 0.718. The van der Waals surface area contributed by atoms with E-state index in [0.717, 1.165) is 0 Å². The number of nitrogens with zero attached hydrogens (tertiary/aromatic N) is 2. The van der Waals surface area contributed by atoms with Crippen LogP contribution in [0.3, 0.4) is 0 Å². The number of rotatable bonds is 2. The third-order valence-corrected chi connectivity index (χ3v) is 3.60. The molecule has 3 heterocycles. The van der Waals surface area contributed by atoms with Crippen molar-refractivity contribution in [2.75, 3.05) is 13.2 Å². The summed E-state index contributed by atoms with van der Waals surface area (Å²) in [4.78, 5) is 28.0. The first-order valence-electron chi connectivity index (χ1n) is 6.94. The van der Waals surface area contributed by atoms with Crippen LogP contribution >= 0.6 is 0 Å². The average Bonchev–Trinajstić information content (AvgIpc) is 2.99. The Balaban J connectivity index is 1.90. The Kier molecular flexibility index (Phi) is 2.83. The van der Waals surface area contributed by atoms with Gasteiger partial charge in [-0.15, -0.1) is 0 Å². The number of amides is 1. The van der Waals surface area contributed by atoms with Crippen molar-refractivity contribution in [2.45, 2.75) is 0 Å². The van der Waals surface area contributed by atoms with Crippen molar-refractivity contribution < 1.29 is 14.3 Å². The third kappa shape index (κ3) is 2.11. The second kappa shape index (κ2) is 4.87. The highest BCUT2D eigenvalue weighted by Gasteiger charge is 2.16. The number of carbonyl (C=O) groups is 1. The Morgan fingerprint density at radius 2 is 2.00 bits per heavy atom. The van der Waals surface area contributed by atoms with E-state index in [1.165, 1.54) is 16.8 Å². The summed E-state index contributed by atoms with van der Waals surface area (Å²) in [5.74, 6) is 0.590. The van der Waals surface area contributed by atoms with E-state index in [9.17, 15) is 9.59 Å². The normalized spacial score (nSPS) is 13.2. The molecule has 0 fully saturated rings. The maximum Gasteiger partial charge on any atom is 0.273 e. The van der Waals surface area contributed by atoms with Gasteiger partial charge < -0.3 is 15.2 Å².